The Hall–Kier alpha value is -7.74. The van der Waals surface area contributed by atoms with Crippen LogP contribution in [0, 0.1) is 0 Å². The first kappa shape index (κ1) is 37.3. The predicted molar refractivity (Wildman–Crippen MR) is 263 cm³/mol. The van der Waals surface area contributed by atoms with Crippen LogP contribution in [0.25, 0.3) is 82.8 Å². The molecule has 1 nitrogen and oxygen atoms in total. The van der Waals surface area contributed by atoms with E-state index in [0.29, 0.717) is 0 Å². The van der Waals surface area contributed by atoms with Crippen molar-refractivity contribution in [3.63, 3.8) is 0 Å². The molecule has 0 aliphatic carbocycles. The van der Waals surface area contributed by atoms with Gasteiger partial charge in [0, 0.05) is 27.8 Å². The molecular weight excluding hydrogens is 747 g/mol. The molecule has 0 N–H and O–H groups in total. The first-order valence-electron chi connectivity index (χ1n) is 21.8. The number of aromatic nitrogens is 1. The largest absolute Gasteiger partial charge is 0.309 e. The summed E-state index contributed by atoms with van der Waals surface area (Å²) in [5, 5.41) is 5.07. The molecule has 294 valence electrons. The Morgan fingerprint density at radius 1 is 0.323 bits per heavy atom. The maximum absolute atomic E-state index is 2.43. The zero-order valence-electron chi connectivity index (χ0n) is 34.5. The zero-order valence-corrected chi connectivity index (χ0v) is 34.5. The Kier molecular flexibility index (Phi) is 9.84. The van der Waals surface area contributed by atoms with Gasteiger partial charge in [-0.05, 0) is 104 Å². The topological polar surface area (TPSA) is 4.93 Å². The molecule has 0 bridgehead atoms. The van der Waals surface area contributed by atoms with Crippen molar-refractivity contribution >= 4 is 32.6 Å². The summed E-state index contributed by atoms with van der Waals surface area (Å²) in [6.45, 7) is 0. The number of para-hydroxylation sites is 1. The number of fused-ring (bicyclic) bond motifs is 5. The van der Waals surface area contributed by atoms with Gasteiger partial charge in [0.25, 0.3) is 0 Å². The van der Waals surface area contributed by atoms with Crippen molar-refractivity contribution in [1.82, 2.24) is 4.57 Å². The van der Waals surface area contributed by atoms with Gasteiger partial charge >= 0.3 is 0 Å². The van der Waals surface area contributed by atoms with Crippen LogP contribution < -0.4 is 0 Å². The van der Waals surface area contributed by atoms with Gasteiger partial charge in [-0.1, -0.05) is 218 Å². The lowest BCUT2D eigenvalue weighted by Crippen LogP contribution is -2.03. The molecule has 1 aromatic heterocycles. The molecule has 1 heterocycles. The second kappa shape index (κ2) is 16.4. The van der Waals surface area contributed by atoms with E-state index in [4.69, 9.17) is 0 Å². The Morgan fingerprint density at radius 3 is 1.35 bits per heavy atom. The Morgan fingerprint density at radius 2 is 0.774 bits per heavy atom. The molecular formula is C61H45N. The molecule has 62 heavy (non-hydrogen) atoms. The summed E-state index contributed by atoms with van der Waals surface area (Å²) < 4.78 is 2.43. The van der Waals surface area contributed by atoms with Crippen LogP contribution in [0.3, 0.4) is 0 Å². The highest BCUT2D eigenvalue weighted by Crippen LogP contribution is 2.39. The van der Waals surface area contributed by atoms with Gasteiger partial charge in [-0.2, -0.15) is 0 Å². The molecule has 0 amide bonds. The van der Waals surface area contributed by atoms with Gasteiger partial charge in [0.1, 0.15) is 0 Å². The van der Waals surface area contributed by atoms with Crippen molar-refractivity contribution in [3.8, 4) is 50.2 Å². The number of nitrogens with zero attached hydrogens (tertiary/aromatic N) is 1. The van der Waals surface area contributed by atoms with Gasteiger partial charge in [-0.25, -0.2) is 0 Å². The van der Waals surface area contributed by atoms with Crippen LogP contribution in [0.4, 0.5) is 0 Å². The number of hydrogen-bond donors (Lipinski definition) is 0. The van der Waals surface area contributed by atoms with Crippen molar-refractivity contribution in [2.24, 2.45) is 0 Å². The highest BCUT2D eigenvalue weighted by molar-refractivity contribution is 6.19. The lowest BCUT2D eigenvalue weighted by Gasteiger charge is -2.20. The van der Waals surface area contributed by atoms with Crippen LogP contribution in [0.2, 0.25) is 0 Å². The number of aryl methyl sites for hydroxylation is 1. The average molecular weight is 792 g/mol. The minimum absolute atomic E-state index is 0.259. The minimum atomic E-state index is 0.259. The number of hydrogen-bond acceptors (Lipinski definition) is 0. The first-order valence-corrected chi connectivity index (χ1v) is 21.8. The fourth-order valence-electron chi connectivity index (χ4n) is 9.44. The molecule has 11 aromatic rings. The van der Waals surface area contributed by atoms with Crippen LogP contribution in [0.1, 0.15) is 29.0 Å². The molecule has 1 unspecified atom stereocenters. The molecule has 0 aliphatic heterocycles. The van der Waals surface area contributed by atoms with Crippen LogP contribution in [0.15, 0.2) is 243 Å². The molecule has 10 aromatic carbocycles. The number of benzene rings is 10. The van der Waals surface area contributed by atoms with E-state index in [1.807, 2.05) is 0 Å². The highest BCUT2D eigenvalue weighted by Gasteiger charge is 2.18. The molecule has 0 aliphatic rings. The fourth-order valence-corrected chi connectivity index (χ4v) is 9.44. The van der Waals surface area contributed by atoms with Crippen LogP contribution >= 0.6 is 0 Å². The average Bonchev–Trinajstić information content (AvgIpc) is 3.70. The fraction of sp³-hybridized carbons (Fsp3) is 0.0492. The third-order valence-electron chi connectivity index (χ3n) is 12.7. The molecule has 0 spiro atoms. The third kappa shape index (κ3) is 7.18. The van der Waals surface area contributed by atoms with Crippen molar-refractivity contribution in [1.29, 1.82) is 0 Å². The lowest BCUT2D eigenvalue weighted by atomic mass is 9.85. The van der Waals surface area contributed by atoms with Crippen molar-refractivity contribution in [3.05, 3.63) is 259 Å². The summed E-state index contributed by atoms with van der Waals surface area (Å²) >= 11 is 0. The summed E-state index contributed by atoms with van der Waals surface area (Å²) in [7, 11) is 0. The van der Waals surface area contributed by atoms with Gasteiger partial charge in [0.05, 0.1) is 11.0 Å². The minimum Gasteiger partial charge on any atom is -0.309 e. The van der Waals surface area contributed by atoms with Crippen molar-refractivity contribution in [2.75, 3.05) is 0 Å². The summed E-state index contributed by atoms with van der Waals surface area (Å²) in [5.74, 6) is 0.259. The van der Waals surface area contributed by atoms with Crippen LogP contribution in [-0.2, 0) is 6.42 Å². The van der Waals surface area contributed by atoms with E-state index in [1.165, 1.54) is 99.5 Å². The second-order valence-corrected chi connectivity index (χ2v) is 16.4. The van der Waals surface area contributed by atoms with Gasteiger partial charge in [-0.15, -0.1) is 0 Å². The first-order chi connectivity index (χ1) is 30.7. The standard InChI is InChI=1S/C61H45N/c1-4-12-44(13-5-1)46-25-27-48(28-26-46)49-31-35-53(36-32-49)56(52-33-29-47(30-34-52)45-14-6-2-7-15-45)39-22-43-20-23-50(24-21-43)54-38-41-60-59(42-54)58-40-37-51-16-10-11-19-57(51)61(58)62(60)55-17-8-3-9-18-55/h1-21,23-38,40-42,56H,22,39H2. The smallest absolute Gasteiger partial charge is 0.0619 e. The molecule has 0 radical (unpaired) electrons. The Balaban J connectivity index is 0.880. The molecule has 0 fully saturated rings. The molecule has 1 atom stereocenters. The maximum Gasteiger partial charge on any atom is 0.0619 e. The van der Waals surface area contributed by atoms with E-state index in [2.05, 4.69) is 247 Å². The third-order valence-corrected chi connectivity index (χ3v) is 12.7. The Bertz CT molecular complexity index is 3270. The van der Waals surface area contributed by atoms with E-state index in [0.717, 1.165) is 12.8 Å². The van der Waals surface area contributed by atoms with E-state index >= 15 is 0 Å². The molecule has 0 saturated carbocycles. The van der Waals surface area contributed by atoms with Crippen molar-refractivity contribution < 1.29 is 0 Å². The van der Waals surface area contributed by atoms with Gasteiger partial charge in [-0.3, -0.25) is 0 Å². The van der Waals surface area contributed by atoms with Gasteiger partial charge in [0.15, 0.2) is 0 Å². The van der Waals surface area contributed by atoms with Crippen molar-refractivity contribution in [2.45, 2.75) is 18.8 Å². The summed E-state index contributed by atoms with van der Waals surface area (Å²) in [6.07, 6.45) is 1.98. The van der Waals surface area contributed by atoms with Crippen LogP contribution in [0.5, 0.6) is 0 Å². The summed E-state index contributed by atoms with van der Waals surface area (Å²) in [6, 6.07) is 89.0. The highest BCUT2D eigenvalue weighted by atomic mass is 15.0. The Labute approximate surface area is 363 Å². The summed E-state index contributed by atoms with van der Waals surface area (Å²) in [4.78, 5) is 0. The van der Waals surface area contributed by atoms with Gasteiger partial charge in [0.2, 0.25) is 0 Å². The van der Waals surface area contributed by atoms with Gasteiger partial charge < -0.3 is 4.57 Å². The van der Waals surface area contributed by atoms with E-state index in [9.17, 15) is 0 Å². The lowest BCUT2D eigenvalue weighted by molar-refractivity contribution is 0.715. The molecule has 11 rings (SSSR count). The van der Waals surface area contributed by atoms with E-state index in [1.54, 1.807) is 0 Å². The van der Waals surface area contributed by atoms with E-state index < -0.39 is 0 Å². The SMILES string of the molecule is c1ccc(-c2ccc(-c3ccc(C(CCc4ccc(-c5ccc6c(c5)c5ccc7ccccc7c5n6-c5ccccc5)cc4)c4ccc(-c5ccccc5)cc4)cc3)cc2)cc1. The van der Waals surface area contributed by atoms with E-state index in [-0.39, 0.29) is 5.92 Å². The normalized spacial score (nSPS) is 11.9. The quantitative estimate of drug-likeness (QED) is 0.130. The zero-order chi connectivity index (χ0) is 41.2. The number of rotatable bonds is 10. The van der Waals surface area contributed by atoms with Crippen LogP contribution in [-0.4, -0.2) is 4.57 Å². The summed E-state index contributed by atoms with van der Waals surface area (Å²) in [5.41, 5.74) is 17.6. The maximum atomic E-state index is 2.43. The second-order valence-electron chi connectivity index (χ2n) is 16.4. The molecule has 1 heteroatoms. The monoisotopic (exact) mass is 791 g/mol. The predicted octanol–water partition coefficient (Wildman–Crippen LogP) is 16.4. The molecule has 0 saturated heterocycles.